The molecule has 6 heteroatoms. The Morgan fingerprint density at radius 2 is 1.87 bits per heavy atom. The minimum Gasteiger partial charge on any atom is -0.379 e. The van der Waals surface area contributed by atoms with Crippen molar-refractivity contribution in [3.63, 3.8) is 0 Å². The van der Waals surface area contributed by atoms with E-state index >= 15 is 0 Å². The van der Waals surface area contributed by atoms with Crippen molar-refractivity contribution < 1.29 is 9.13 Å². The quantitative estimate of drug-likeness (QED) is 0.639. The van der Waals surface area contributed by atoms with E-state index in [0.29, 0.717) is 6.54 Å². The number of rotatable bonds is 5. The number of aliphatic imine (C=N–C) groups is 1. The molecule has 0 aromatic heterocycles. The lowest BCUT2D eigenvalue weighted by atomic mass is 10.0. The largest absolute Gasteiger partial charge is 0.379 e. The molecule has 5 nitrogen and oxygen atoms in total. The number of nitrogens with one attached hydrogen (secondary N) is 2. The number of morpholine rings is 1. The number of nitrogens with zero attached hydrogens (tertiary/aromatic N) is 2. The average molecular weight is 322 g/mol. The molecule has 0 atom stereocenters. The molecule has 1 fully saturated rings. The maximum Gasteiger partial charge on any atom is 0.191 e. The van der Waals surface area contributed by atoms with Crippen molar-refractivity contribution in [1.82, 2.24) is 15.5 Å². The molecule has 0 saturated carbocycles. The molecule has 0 bridgehead atoms. The standard InChI is InChI=1S/C17H27FN4O/c1-17(2,22-8-10-23-11-9-22)13-21-16(19-3)20-12-14-4-6-15(18)7-5-14/h4-7H,8-13H2,1-3H3,(H2,19,20,21). The minimum atomic E-state index is -0.219. The number of halogens is 1. The Bertz CT molecular complexity index is 510. The zero-order valence-corrected chi connectivity index (χ0v) is 14.2. The second kappa shape index (κ2) is 8.26. The van der Waals surface area contributed by atoms with Crippen LogP contribution in [-0.2, 0) is 11.3 Å². The van der Waals surface area contributed by atoms with Crippen LogP contribution in [0.4, 0.5) is 4.39 Å². The molecule has 1 heterocycles. The minimum absolute atomic E-state index is 0.0251. The number of guanidine groups is 1. The van der Waals surface area contributed by atoms with E-state index in [0.717, 1.165) is 44.4 Å². The van der Waals surface area contributed by atoms with Crippen molar-refractivity contribution in [2.24, 2.45) is 4.99 Å². The van der Waals surface area contributed by atoms with Crippen LogP contribution in [0.2, 0.25) is 0 Å². The summed E-state index contributed by atoms with van der Waals surface area (Å²) in [5.41, 5.74) is 1.04. The highest BCUT2D eigenvalue weighted by Crippen LogP contribution is 2.15. The summed E-state index contributed by atoms with van der Waals surface area (Å²) in [6.07, 6.45) is 0. The van der Waals surface area contributed by atoms with Crippen molar-refractivity contribution in [2.75, 3.05) is 39.9 Å². The van der Waals surface area contributed by atoms with Gasteiger partial charge in [0.15, 0.2) is 5.96 Å². The molecular weight excluding hydrogens is 295 g/mol. The maximum atomic E-state index is 12.9. The van der Waals surface area contributed by atoms with Gasteiger partial charge in [0.1, 0.15) is 5.82 Å². The van der Waals surface area contributed by atoms with Crippen LogP contribution in [0.1, 0.15) is 19.4 Å². The van der Waals surface area contributed by atoms with Gasteiger partial charge in [0.25, 0.3) is 0 Å². The molecule has 2 rings (SSSR count). The Morgan fingerprint density at radius 1 is 1.22 bits per heavy atom. The third kappa shape index (κ3) is 5.48. The van der Waals surface area contributed by atoms with E-state index in [-0.39, 0.29) is 11.4 Å². The molecule has 1 aliphatic heterocycles. The monoisotopic (exact) mass is 322 g/mol. The molecule has 1 aromatic carbocycles. The zero-order chi connectivity index (χ0) is 16.7. The Morgan fingerprint density at radius 3 is 2.48 bits per heavy atom. The van der Waals surface area contributed by atoms with Crippen LogP contribution < -0.4 is 10.6 Å². The summed E-state index contributed by atoms with van der Waals surface area (Å²) < 4.78 is 18.3. The van der Waals surface area contributed by atoms with Gasteiger partial charge in [0.2, 0.25) is 0 Å². The van der Waals surface area contributed by atoms with E-state index in [4.69, 9.17) is 4.74 Å². The zero-order valence-electron chi connectivity index (χ0n) is 14.2. The summed E-state index contributed by atoms with van der Waals surface area (Å²) >= 11 is 0. The van der Waals surface area contributed by atoms with Crippen LogP contribution in [0, 0.1) is 5.82 Å². The van der Waals surface area contributed by atoms with Crippen molar-refractivity contribution >= 4 is 5.96 Å². The highest BCUT2D eigenvalue weighted by Gasteiger charge is 2.28. The van der Waals surface area contributed by atoms with Gasteiger partial charge in [-0.3, -0.25) is 9.89 Å². The maximum absolute atomic E-state index is 12.9. The van der Waals surface area contributed by atoms with E-state index in [1.807, 2.05) is 0 Å². The van der Waals surface area contributed by atoms with Crippen LogP contribution in [-0.4, -0.2) is 56.3 Å². The summed E-state index contributed by atoms with van der Waals surface area (Å²) in [6.45, 7) is 9.33. The molecule has 0 radical (unpaired) electrons. The van der Waals surface area contributed by atoms with Crippen molar-refractivity contribution in [3.05, 3.63) is 35.6 Å². The number of benzene rings is 1. The predicted molar refractivity (Wildman–Crippen MR) is 91.1 cm³/mol. The summed E-state index contributed by atoms with van der Waals surface area (Å²) in [5, 5.41) is 6.62. The normalized spacial score (nSPS) is 17.1. The second-order valence-corrected chi connectivity index (χ2v) is 6.32. The van der Waals surface area contributed by atoms with Crippen LogP contribution in [0.5, 0.6) is 0 Å². The molecule has 128 valence electrons. The van der Waals surface area contributed by atoms with Crippen molar-refractivity contribution in [1.29, 1.82) is 0 Å². The highest BCUT2D eigenvalue weighted by atomic mass is 19.1. The van der Waals surface area contributed by atoms with E-state index in [1.165, 1.54) is 12.1 Å². The molecule has 2 N–H and O–H groups in total. The smallest absolute Gasteiger partial charge is 0.191 e. The van der Waals surface area contributed by atoms with Crippen molar-refractivity contribution in [2.45, 2.75) is 25.9 Å². The molecule has 0 aliphatic carbocycles. The van der Waals surface area contributed by atoms with E-state index in [1.54, 1.807) is 19.2 Å². The lowest BCUT2D eigenvalue weighted by Gasteiger charge is -2.41. The molecule has 1 aromatic rings. The first kappa shape index (κ1) is 17.7. The fraction of sp³-hybridized carbons (Fsp3) is 0.588. The fourth-order valence-electron chi connectivity index (χ4n) is 2.59. The first-order valence-electron chi connectivity index (χ1n) is 8.03. The summed E-state index contributed by atoms with van der Waals surface area (Å²) in [4.78, 5) is 6.67. The Kier molecular flexibility index (Phi) is 6.36. The molecule has 0 unspecified atom stereocenters. The van der Waals surface area contributed by atoms with Gasteiger partial charge in [-0.15, -0.1) is 0 Å². The van der Waals surface area contributed by atoms with Gasteiger partial charge >= 0.3 is 0 Å². The average Bonchev–Trinajstić information content (AvgIpc) is 2.57. The van der Waals surface area contributed by atoms with E-state index < -0.39 is 0 Å². The van der Waals surface area contributed by atoms with Gasteiger partial charge in [0.05, 0.1) is 13.2 Å². The van der Waals surface area contributed by atoms with Gasteiger partial charge in [-0.1, -0.05) is 12.1 Å². The third-order valence-electron chi connectivity index (χ3n) is 4.15. The lowest BCUT2D eigenvalue weighted by molar-refractivity contribution is -0.00834. The molecular formula is C17H27FN4O. The molecule has 1 saturated heterocycles. The molecule has 0 amide bonds. The SMILES string of the molecule is CN=C(NCc1ccc(F)cc1)NCC(C)(C)N1CCOCC1. The van der Waals surface area contributed by atoms with Gasteiger partial charge in [-0.25, -0.2) is 4.39 Å². The lowest BCUT2D eigenvalue weighted by Crippen LogP contribution is -2.56. The van der Waals surface area contributed by atoms with Crippen molar-refractivity contribution in [3.8, 4) is 0 Å². The van der Waals surface area contributed by atoms with Gasteiger partial charge in [-0.2, -0.15) is 0 Å². The first-order chi connectivity index (χ1) is 11.0. The Labute approximate surface area is 137 Å². The van der Waals surface area contributed by atoms with Crippen LogP contribution >= 0.6 is 0 Å². The highest BCUT2D eigenvalue weighted by molar-refractivity contribution is 5.79. The van der Waals surface area contributed by atoms with Gasteiger partial charge in [0, 0.05) is 38.8 Å². The summed E-state index contributed by atoms with van der Waals surface area (Å²) in [7, 11) is 1.75. The predicted octanol–water partition coefficient (Wildman–Crippen LogP) is 1.60. The van der Waals surface area contributed by atoms with Gasteiger partial charge < -0.3 is 15.4 Å². The van der Waals surface area contributed by atoms with E-state index in [2.05, 4.69) is 34.4 Å². The third-order valence-corrected chi connectivity index (χ3v) is 4.15. The Balaban J connectivity index is 1.81. The number of hydrogen-bond donors (Lipinski definition) is 2. The number of hydrogen-bond acceptors (Lipinski definition) is 3. The van der Waals surface area contributed by atoms with Gasteiger partial charge in [-0.05, 0) is 31.5 Å². The topological polar surface area (TPSA) is 48.9 Å². The van der Waals surface area contributed by atoms with E-state index in [9.17, 15) is 4.39 Å². The fourth-order valence-corrected chi connectivity index (χ4v) is 2.59. The van der Waals surface area contributed by atoms with Crippen LogP contribution in [0.3, 0.4) is 0 Å². The number of ether oxygens (including phenoxy) is 1. The molecule has 1 aliphatic rings. The molecule has 0 spiro atoms. The molecule has 23 heavy (non-hydrogen) atoms. The summed E-state index contributed by atoms with van der Waals surface area (Å²) in [6, 6.07) is 6.48. The van der Waals surface area contributed by atoms with Crippen LogP contribution in [0.25, 0.3) is 0 Å². The summed E-state index contributed by atoms with van der Waals surface area (Å²) in [5.74, 6) is 0.527. The second-order valence-electron chi connectivity index (χ2n) is 6.32. The Hall–Kier alpha value is -1.66. The van der Waals surface area contributed by atoms with Crippen LogP contribution in [0.15, 0.2) is 29.3 Å². The first-order valence-corrected chi connectivity index (χ1v) is 8.03.